The molecule has 5 nitrogen and oxygen atoms in total. The highest BCUT2D eigenvalue weighted by atomic mass is 16.5. The van der Waals surface area contributed by atoms with Gasteiger partial charge in [0.05, 0.1) is 12.1 Å². The van der Waals surface area contributed by atoms with Crippen molar-refractivity contribution >= 4 is 22.5 Å². The molecule has 1 aliphatic heterocycles. The van der Waals surface area contributed by atoms with Gasteiger partial charge in [-0.15, -0.1) is 0 Å². The van der Waals surface area contributed by atoms with E-state index in [1.54, 1.807) is 0 Å². The fourth-order valence-electron chi connectivity index (χ4n) is 3.38. The van der Waals surface area contributed by atoms with Crippen LogP contribution in [0.25, 0.3) is 10.9 Å². The molecule has 0 atom stereocenters. The van der Waals surface area contributed by atoms with Gasteiger partial charge < -0.3 is 15.0 Å². The van der Waals surface area contributed by atoms with Crippen LogP contribution in [0.2, 0.25) is 0 Å². The lowest BCUT2D eigenvalue weighted by atomic mass is 10.0. The molecule has 5 heteroatoms. The second-order valence-corrected chi connectivity index (χ2v) is 7.26. The van der Waals surface area contributed by atoms with Crippen LogP contribution in [-0.2, 0) is 0 Å². The third-order valence-electron chi connectivity index (χ3n) is 4.77. The van der Waals surface area contributed by atoms with Crippen molar-refractivity contribution in [2.24, 2.45) is 5.92 Å². The topological polar surface area (TPSA) is 50.3 Å². The van der Waals surface area contributed by atoms with Crippen molar-refractivity contribution < 1.29 is 4.74 Å². The maximum Gasteiger partial charge on any atom is 0.227 e. The quantitative estimate of drug-likeness (QED) is 0.757. The van der Waals surface area contributed by atoms with Crippen LogP contribution in [-0.4, -0.2) is 41.6 Å². The van der Waals surface area contributed by atoms with Crippen LogP contribution in [0.5, 0.6) is 5.75 Å². The lowest BCUT2D eigenvalue weighted by Gasteiger charge is -2.35. The first-order chi connectivity index (χ1) is 12.6. The minimum absolute atomic E-state index is 0.596. The van der Waals surface area contributed by atoms with Crippen LogP contribution in [0, 0.1) is 19.8 Å². The van der Waals surface area contributed by atoms with E-state index < -0.39 is 0 Å². The van der Waals surface area contributed by atoms with Gasteiger partial charge in [0, 0.05) is 42.3 Å². The minimum Gasteiger partial charge on any atom is -0.493 e. The number of nitrogens with one attached hydrogen (secondary N) is 1. The number of benzene rings is 2. The van der Waals surface area contributed by atoms with E-state index in [1.165, 1.54) is 5.56 Å². The SMILES string of the molecule is Cc1cccc(Nc2ncc3cc(C)c(OCC4CN(C)C4)cc3n2)c1. The molecule has 0 spiro atoms. The van der Waals surface area contributed by atoms with E-state index in [1.807, 2.05) is 24.4 Å². The number of nitrogens with zero attached hydrogens (tertiary/aromatic N) is 3. The Labute approximate surface area is 154 Å². The Hall–Kier alpha value is -2.66. The van der Waals surface area contributed by atoms with E-state index in [0.717, 1.165) is 47.6 Å². The highest BCUT2D eigenvalue weighted by Crippen LogP contribution is 2.26. The molecular formula is C21H24N4O. The zero-order chi connectivity index (χ0) is 18.1. The third kappa shape index (κ3) is 3.63. The Morgan fingerprint density at radius 2 is 2.04 bits per heavy atom. The number of aryl methyl sites for hydroxylation is 2. The monoisotopic (exact) mass is 348 g/mol. The van der Waals surface area contributed by atoms with Gasteiger partial charge >= 0.3 is 0 Å². The standard InChI is InChI=1S/C21H24N4O/c1-14-5-4-6-18(7-14)23-21-22-10-17-8-15(2)20(9-19(17)24-21)26-13-16-11-25(3)12-16/h4-10,16H,11-13H2,1-3H3,(H,22,23,24). The molecule has 4 rings (SSSR count). The second kappa shape index (κ2) is 6.92. The van der Waals surface area contributed by atoms with Gasteiger partial charge in [-0.05, 0) is 50.2 Å². The summed E-state index contributed by atoms with van der Waals surface area (Å²) < 4.78 is 6.06. The number of anilines is 2. The summed E-state index contributed by atoms with van der Waals surface area (Å²) in [7, 11) is 2.14. The maximum absolute atomic E-state index is 6.06. The maximum atomic E-state index is 6.06. The normalized spacial score (nSPS) is 15.0. The van der Waals surface area contributed by atoms with Crippen LogP contribution < -0.4 is 10.1 Å². The second-order valence-electron chi connectivity index (χ2n) is 7.26. The Morgan fingerprint density at radius 3 is 2.81 bits per heavy atom. The van der Waals surface area contributed by atoms with Gasteiger partial charge in [-0.1, -0.05) is 12.1 Å². The number of hydrogen-bond donors (Lipinski definition) is 1. The van der Waals surface area contributed by atoms with Gasteiger partial charge in [-0.25, -0.2) is 9.97 Å². The fourth-order valence-corrected chi connectivity index (χ4v) is 3.38. The minimum atomic E-state index is 0.596. The summed E-state index contributed by atoms with van der Waals surface area (Å²) in [6.07, 6.45) is 1.86. The molecular weight excluding hydrogens is 324 g/mol. The predicted molar refractivity (Wildman–Crippen MR) is 105 cm³/mol. The first-order valence-corrected chi connectivity index (χ1v) is 8.99. The molecule has 1 N–H and O–H groups in total. The van der Waals surface area contributed by atoms with E-state index in [9.17, 15) is 0 Å². The molecule has 134 valence electrons. The van der Waals surface area contributed by atoms with Crippen molar-refractivity contribution in [3.05, 3.63) is 53.7 Å². The molecule has 1 saturated heterocycles. The summed E-state index contributed by atoms with van der Waals surface area (Å²) in [4.78, 5) is 11.4. The smallest absolute Gasteiger partial charge is 0.227 e. The molecule has 3 aromatic rings. The van der Waals surface area contributed by atoms with E-state index >= 15 is 0 Å². The molecule has 1 aromatic heterocycles. The molecule has 0 amide bonds. The van der Waals surface area contributed by atoms with Gasteiger partial charge in [-0.3, -0.25) is 0 Å². The van der Waals surface area contributed by atoms with Crippen LogP contribution >= 0.6 is 0 Å². The first kappa shape index (κ1) is 16.8. The van der Waals surface area contributed by atoms with Crippen molar-refractivity contribution in [1.82, 2.24) is 14.9 Å². The van der Waals surface area contributed by atoms with E-state index in [4.69, 9.17) is 4.74 Å². The Balaban J connectivity index is 1.54. The molecule has 26 heavy (non-hydrogen) atoms. The van der Waals surface area contributed by atoms with Crippen molar-refractivity contribution in [2.45, 2.75) is 13.8 Å². The van der Waals surface area contributed by atoms with Crippen molar-refractivity contribution in [2.75, 3.05) is 32.1 Å². The Kier molecular flexibility index (Phi) is 4.47. The van der Waals surface area contributed by atoms with Crippen molar-refractivity contribution in [3.8, 4) is 5.75 Å². The molecule has 0 unspecified atom stereocenters. The van der Waals surface area contributed by atoms with Crippen molar-refractivity contribution in [1.29, 1.82) is 0 Å². The van der Waals surface area contributed by atoms with E-state index in [2.05, 4.69) is 59.3 Å². The molecule has 0 saturated carbocycles. The molecule has 2 heterocycles. The predicted octanol–water partition coefficient (Wildman–Crippen LogP) is 3.93. The lowest BCUT2D eigenvalue weighted by molar-refractivity contribution is 0.0855. The van der Waals surface area contributed by atoms with Crippen LogP contribution in [0.4, 0.5) is 11.6 Å². The number of likely N-dealkylation sites (tertiary alicyclic amines) is 1. The first-order valence-electron chi connectivity index (χ1n) is 8.99. The highest BCUT2D eigenvalue weighted by Gasteiger charge is 2.23. The van der Waals surface area contributed by atoms with Gasteiger partial charge in [0.15, 0.2) is 0 Å². The average molecular weight is 348 g/mol. The third-order valence-corrected chi connectivity index (χ3v) is 4.77. The van der Waals surface area contributed by atoms with Gasteiger partial charge in [0.1, 0.15) is 5.75 Å². The Bertz CT molecular complexity index is 934. The van der Waals surface area contributed by atoms with E-state index in [-0.39, 0.29) is 0 Å². The molecule has 1 aliphatic rings. The molecule has 0 bridgehead atoms. The zero-order valence-corrected chi connectivity index (χ0v) is 15.5. The summed E-state index contributed by atoms with van der Waals surface area (Å²) in [5, 5.41) is 4.30. The number of hydrogen-bond acceptors (Lipinski definition) is 5. The summed E-state index contributed by atoms with van der Waals surface area (Å²) >= 11 is 0. The molecule has 2 aromatic carbocycles. The van der Waals surface area contributed by atoms with Gasteiger partial charge in [0.25, 0.3) is 0 Å². The summed E-state index contributed by atoms with van der Waals surface area (Å²) in [6, 6.07) is 12.3. The number of aromatic nitrogens is 2. The van der Waals surface area contributed by atoms with E-state index in [0.29, 0.717) is 11.9 Å². The number of rotatable bonds is 5. The molecule has 0 radical (unpaired) electrons. The molecule has 1 fully saturated rings. The summed E-state index contributed by atoms with van der Waals surface area (Å²) in [6.45, 7) is 7.12. The summed E-state index contributed by atoms with van der Waals surface area (Å²) in [5.41, 5.74) is 4.19. The summed E-state index contributed by atoms with van der Waals surface area (Å²) in [5.74, 6) is 2.13. The van der Waals surface area contributed by atoms with Gasteiger partial charge in [-0.2, -0.15) is 0 Å². The van der Waals surface area contributed by atoms with Crippen LogP contribution in [0.3, 0.4) is 0 Å². The largest absolute Gasteiger partial charge is 0.493 e. The van der Waals surface area contributed by atoms with Crippen molar-refractivity contribution in [3.63, 3.8) is 0 Å². The highest BCUT2D eigenvalue weighted by molar-refractivity contribution is 5.81. The Morgan fingerprint density at radius 1 is 1.19 bits per heavy atom. The lowest BCUT2D eigenvalue weighted by Crippen LogP contribution is -2.46. The fraction of sp³-hybridized carbons (Fsp3) is 0.333. The average Bonchev–Trinajstić information content (AvgIpc) is 2.58. The number of ether oxygens (including phenoxy) is 1. The van der Waals surface area contributed by atoms with Gasteiger partial charge in [0.2, 0.25) is 5.95 Å². The van der Waals surface area contributed by atoms with Crippen LogP contribution in [0.15, 0.2) is 42.6 Å². The zero-order valence-electron chi connectivity index (χ0n) is 15.5. The number of fused-ring (bicyclic) bond motifs is 1. The van der Waals surface area contributed by atoms with Crippen LogP contribution in [0.1, 0.15) is 11.1 Å². The molecule has 0 aliphatic carbocycles.